The number of aromatic nitrogens is 1. The van der Waals surface area contributed by atoms with Gasteiger partial charge in [0.25, 0.3) is 5.91 Å². The summed E-state index contributed by atoms with van der Waals surface area (Å²) in [4.78, 5) is 21.1. The van der Waals surface area contributed by atoms with E-state index in [1.54, 1.807) is 6.20 Å². The highest BCUT2D eigenvalue weighted by Gasteiger charge is 2.22. The Morgan fingerprint density at radius 1 is 1.24 bits per heavy atom. The summed E-state index contributed by atoms with van der Waals surface area (Å²) >= 11 is 0. The summed E-state index contributed by atoms with van der Waals surface area (Å²) in [5, 5.41) is 3.38. The molecule has 21 heavy (non-hydrogen) atoms. The van der Waals surface area contributed by atoms with Crippen molar-refractivity contribution in [3.63, 3.8) is 0 Å². The van der Waals surface area contributed by atoms with Crippen LogP contribution in [0, 0.1) is 0 Å². The number of piperazine rings is 1. The zero-order valence-electron chi connectivity index (χ0n) is 12.7. The molecule has 0 saturated carbocycles. The molecule has 2 aliphatic rings. The maximum atomic E-state index is 12.6. The maximum absolute atomic E-state index is 12.6. The number of piperidine rings is 1. The summed E-state index contributed by atoms with van der Waals surface area (Å²) in [5.74, 6) is 0.646. The van der Waals surface area contributed by atoms with Crippen molar-refractivity contribution in [2.75, 3.05) is 46.3 Å². The highest BCUT2D eigenvalue weighted by molar-refractivity contribution is 5.92. The number of likely N-dealkylation sites (N-methyl/N-ethyl adjacent to an activating group) is 1. The fourth-order valence-electron chi connectivity index (χ4n) is 3.14. The number of amides is 1. The van der Waals surface area contributed by atoms with E-state index in [9.17, 15) is 4.79 Å². The molecule has 5 nitrogen and oxygen atoms in total. The molecule has 3 rings (SSSR count). The second-order valence-corrected chi connectivity index (χ2v) is 6.09. The van der Waals surface area contributed by atoms with E-state index in [1.807, 2.05) is 11.0 Å². The maximum Gasteiger partial charge on any atom is 0.272 e. The lowest BCUT2D eigenvalue weighted by molar-refractivity contribution is 0.0658. The Morgan fingerprint density at radius 3 is 2.67 bits per heavy atom. The van der Waals surface area contributed by atoms with Crippen molar-refractivity contribution < 1.29 is 4.79 Å². The SMILES string of the molecule is CN1CCN(C(=O)c2cc(C3CCNCC3)ccn2)CC1. The fraction of sp³-hybridized carbons (Fsp3) is 0.625. The number of pyridine rings is 1. The minimum atomic E-state index is 0.0823. The molecule has 0 spiro atoms. The summed E-state index contributed by atoms with van der Waals surface area (Å²) < 4.78 is 0. The molecule has 0 radical (unpaired) electrons. The average molecular weight is 288 g/mol. The van der Waals surface area contributed by atoms with Crippen molar-refractivity contribution in [3.05, 3.63) is 29.6 Å². The van der Waals surface area contributed by atoms with Gasteiger partial charge in [0.05, 0.1) is 0 Å². The Morgan fingerprint density at radius 2 is 1.95 bits per heavy atom. The van der Waals surface area contributed by atoms with Crippen LogP contribution in [0.25, 0.3) is 0 Å². The van der Waals surface area contributed by atoms with Gasteiger partial charge in [-0.2, -0.15) is 0 Å². The lowest BCUT2D eigenvalue weighted by atomic mass is 9.90. The molecule has 2 saturated heterocycles. The molecule has 2 aliphatic heterocycles. The lowest BCUT2D eigenvalue weighted by Crippen LogP contribution is -2.47. The highest BCUT2D eigenvalue weighted by atomic mass is 16.2. The molecule has 3 heterocycles. The van der Waals surface area contributed by atoms with Gasteiger partial charge >= 0.3 is 0 Å². The third-order valence-corrected chi connectivity index (χ3v) is 4.60. The van der Waals surface area contributed by atoms with Crippen LogP contribution in [0.4, 0.5) is 0 Å². The quantitative estimate of drug-likeness (QED) is 0.880. The number of hydrogen-bond donors (Lipinski definition) is 1. The van der Waals surface area contributed by atoms with E-state index in [-0.39, 0.29) is 5.91 Å². The van der Waals surface area contributed by atoms with Crippen molar-refractivity contribution in [3.8, 4) is 0 Å². The van der Waals surface area contributed by atoms with E-state index < -0.39 is 0 Å². The normalized spacial score (nSPS) is 21.5. The van der Waals surface area contributed by atoms with Gasteiger partial charge in [-0.15, -0.1) is 0 Å². The summed E-state index contributed by atoms with van der Waals surface area (Å²) in [6, 6.07) is 4.08. The van der Waals surface area contributed by atoms with E-state index in [1.165, 1.54) is 5.56 Å². The molecule has 114 valence electrons. The first kappa shape index (κ1) is 14.5. The molecule has 5 heteroatoms. The number of nitrogens with one attached hydrogen (secondary N) is 1. The molecule has 0 unspecified atom stereocenters. The Bertz CT molecular complexity index is 491. The first-order valence-electron chi connectivity index (χ1n) is 7.88. The summed E-state index contributed by atoms with van der Waals surface area (Å²) in [7, 11) is 2.10. The Kier molecular flexibility index (Phi) is 4.51. The van der Waals surface area contributed by atoms with E-state index in [2.05, 4.69) is 28.3 Å². The molecular weight excluding hydrogens is 264 g/mol. The zero-order chi connectivity index (χ0) is 14.7. The van der Waals surface area contributed by atoms with Gasteiger partial charge in [0, 0.05) is 32.4 Å². The monoisotopic (exact) mass is 288 g/mol. The van der Waals surface area contributed by atoms with Crippen LogP contribution in [0.5, 0.6) is 0 Å². The molecule has 1 aromatic heterocycles. The van der Waals surface area contributed by atoms with Crippen LogP contribution in [-0.2, 0) is 0 Å². The van der Waals surface area contributed by atoms with Gasteiger partial charge in [-0.25, -0.2) is 0 Å². The van der Waals surface area contributed by atoms with Gasteiger partial charge in [0.15, 0.2) is 0 Å². The third kappa shape index (κ3) is 3.41. The van der Waals surface area contributed by atoms with Crippen LogP contribution in [-0.4, -0.2) is 67.0 Å². The first-order chi connectivity index (χ1) is 10.2. The van der Waals surface area contributed by atoms with Gasteiger partial charge < -0.3 is 15.1 Å². The van der Waals surface area contributed by atoms with Crippen LogP contribution >= 0.6 is 0 Å². The molecular formula is C16H24N4O. The molecule has 0 aromatic carbocycles. The molecule has 1 N–H and O–H groups in total. The van der Waals surface area contributed by atoms with Crippen molar-refractivity contribution in [1.29, 1.82) is 0 Å². The fourth-order valence-corrected chi connectivity index (χ4v) is 3.14. The van der Waals surface area contributed by atoms with Crippen molar-refractivity contribution in [2.24, 2.45) is 0 Å². The lowest BCUT2D eigenvalue weighted by Gasteiger charge is -2.32. The smallest absolute Gasteiger partial charge is 0.272 e. The zero-order valence-corrected chi connectivity index (χ0v) is 12.7. The Balaban J connectivity index is 1.71. The van der Waals surface area contributed by atoms with Crippen LogP contribution in [0.2, 0.25) is 0 Å². The van der Waals surface area contributed by atoms with Gasteiger partial charge in [0.2, 0.25) is 0 Å². The van der Waals surface area contributed by atoms with Crippen LogP contribution < -0.4 is 5.32 Å². The van der Waals surface area contributed by atoms with Crippen LogP contribution in [0.1, 0.15) is 34.8 Å². The van der Waals surface area contributed by atoms with E-state index in [0.717, 1.165) is 52.1 Å². The standard InChI is InChI=1S/C16H24N4O/c1-19-8-10-20(11-9-19)16(21)15-12-14(4-7-18-15)13-2-5-17-6-3-13/h4,7,12-13,17H,2-3,5-6,8-11H2,1H3. The molecule has 1 aromatic rings. The number of hydrogen-bond acceptors (Lipinski definition) is 4. The Hall–Kier alpha value is -1.46. The minimum absolute atomic E-state index is 0.0823. The van der Waals surface area contributed by atoms with Gasteiger partial charge in [-0.3, -0.25) is 9.78 Å². The van der Waals surface area contributed by atoms with E-state index in [4.69, 9.17) is 0 Å². The van der Waals surface area contributed by atoms with Crippen LogP contribution in [0.3, 0.4) is 0 Å². The van der Waals surface area contributed by atoms with Crippen molar-refractivity contribution in [2.45, 2.75) is 18.8 Å². The second kappa shape index (κ2) is 6.54. The average Bonchev–Trinajstić information content (AvgIpc) is 2.56. The number of rotatable bonds is 2. The molecule has 0 aliphatic carbocycles. The van der Waals surface area contributed by atoms with Crippen molar-refractivity contribution >= 4 is 5.91 Å². The first-order valence-corrected chi connectivity index (χ1v) is 7.88. The van der Waals surface area contributed by atoms with E-state index in [0.29, 0.717) is 11.6 Å². The largest absolute Gasteiger partial charge is 0.335 e. The number of carbonyl (C=O) groups excluding carboxylic acids is 1. The summed E-state index contributed by atoms with van der Waals surface area (Å²) in [6.45, 7) is 5.62. The predicted molar refractivity (Wildman–Crippen MR) is 82.5 cm³/mol. The molecule has 2 fully saturated rings. The summed E-state index contributed by atoms with van der Waals surface area (Å²) in [6.07, 6.45) is 4.08. The molecule has 0 bridgehead atoms. The molecule has 1 amide bonds. The predicted octanol–water partition coefficient (Wildman–Crippen LogP) is 0.936. The topological polar surface area (TPSA) is 48.5 Å². The third-order valence-electron chi connectivity index (χ3n) is 4.60. The van der Waals surface area contributed by atoms with Gasteiger partial charge in [-0.1, -0.05) is 0 Å². The number of nitrogens with zero attached hydrogens (tertiary/aromatic N) is 3. The summed E-state index contributed by atoms with van der Waals surface area (Å²) in [5.41, 5.74) is 1.87. The Labute approximate surface area is 126 Å². The second-order valence-electron chi connectivity index (χ2n) is 6.09. The van der Waals surface area contributed by atoms with Gasteiger partial charge in [-0.05, 0) is 56.6 Å². The molecule has 0 atom stereocenters. The van der Waals surface area contributed by atoms with E-state index >= 15 is 0 Å². The number of carbonyl (C=O) groups is 1. The minimum Gasteiger partial charge on any atom is -0.335 e. The van der Waals surface area contributed by atoms with Gasteiger partial charge in [0.1, 0.15) is 5.69 Å². The van der Waals surface area contributed by atoms with Crippen molar-refractivity contribution in [1.82, 2.24) is 20.1 Å². The highest BCUT2D eigenvalue weighted by Crippen LogP contribution is 2.25. The van der Waals surface area contributed by atoms with Crippen LogP contribution in [0.15, 0.2) is 18.3 Å².